The van der Waals surface area contributed by atoms with E-state index in [1.165, 1.54) is 0 Å². The maximum Gasteiger partial charge on any atom is 0.434 e. The number of piperazine rings is 1. The first kappa shape index (κ1) is 30.8. The number of benzene rings is 1. The molecule has 0 bridgehead atoms. The predicted molar refractivity (Wildman–Crippen MR) is 162 cm³/mol. The molecule has 0 saturated carbocycles. The Morgan fingerprint density at radius 2 is 1.84 bits per heavy atom. The van der Waals surface area contributed by atoms with Gasteiger partial charge in [-0.2, -0.15) is 13.2 Å². The molecule has 13 heteroatoms. The van der Waals surface area contributed by atoms with E-state index >= 15 is 0 Å². The summed E-state index contributed by atoms with van der Waals surface area (Å²) in [6.07, 6.45) is -1.35. The summed E-state index contributed by atoms with van der Waals surface area (Å²) in [6, 6.07) is 7.04. The molecule has 1 aliphatic rings. The molecule has 5 rings (SSSR count). The first-order chi connectivity index (χ1) is 20.5. The molecule has 3 aromatic heterocycles. The Kier molecular flexibility index (Phi) is 9.25. The second-order valence-corrected chi connectivity index (χ2v) is 11.6. The van der Waals surface area contributed by atoms with Gasteiger partial charge in [0.15, 0.2) is 5.69 Å². The van der Waals surface area contributed by atoms with Gasteiger partial charge in [-0.1, -0.05) is 6.07 Å². The van der Waals surface area contributed by atoms with Crippen LogP contribution in [0.4, 0.5) is 13.2 Å². The standard InChI is InChI=1S/C30H34F3N7O2S/c1-19-14-21(29-37-26(18-43-29)30(31,32)33)23(16-36-19)20-4-5-25-22(15-20)27(41)24(28(42)35-7-6-34-2)17-40(25)13-12-39-10-8-38(3)9-11-39/h4-5,14-18,34H,6-13H2,1-3H3,(H,35,42). The molecule has 9 nitrogen and oxygen atoms in total. The quantitative estimate of drug-likeness (QED) is 0.278. The number of nitrogens with zero attached hydrogens (tertiary/aromatic N) is 5. The summed E-state index contributed by atoms with van der Waals surface area (Å²) in [5.41, 5.74) is 1.59. The van der Waals surface area contributed by atoms with Crippen LogP contribution in [0.1, 0.15) is 21.7 Å². The summed E-state index contributed by atoms with van der Waals surface area (Å²) in [5, 5.41) is 7.31. The molecule has 1 aliphatic heterocycles. The van der Waals surface area contributed by atoms with Crippen LogP contribution in [-0.2, 0) is 12.7 Å². The summed E-state index contributed by atoms with van der Waals surface area (Å²) in [7, 11) is 3.88. The molecule has 0 unspecified atom stereocenters. The number of thiazole rings is 1. The van der Waals surface area contributed by atoms with Crippen molar-refractivity contribution < 1.29 is 18.0 Å². The SMILES string of the molecule is CNCCNC(=O)c1cn(CCN2CCN(C)CC2)c2ccc(-c3cnc(C)cc3-c3nc(C(F)(F)F)cs3)cc2c1=O. The van der Waals surface area contributed by atoms with Crippen LogP contribution in [0.15, 0.2) is 46.8 Å². The van der Waals surface area contributed by atoms with Gasteiger partial charge in [-0.05, 0) is 44.8 Å². The van der Waals surface area contributed by atoms with Crippen molar-refractivity contribution in [2.24, 2.45) is 0 Å². The van der Waals surface area contributed by atoms with Gasteiger partial charge in [-0.3, -0.25) is 19.5 Å². The highest BCUT2D eigenvalue weighted by Crippen LogP contribution is 2.38. The van der Waals surface area contributed by atoms with Crippen molar-refractivity contribution in [2.45, 2.75) is 19.6 Å². The minimum absolute atomic E-state index is 0.0381. The van der Waals surface area contributed by atoms with Crippen LogP contribution in [0.3, 0.4) is 0 Å². The molecule has 43 heavy (non-hydrogen) atoms. The minimum Gasteiger partial charge on any atom is -0.351 e. The number of hydrogen-bond acceptors (Lipinski definition) is 8. The zero-order valence-corrected chi connectivity index (χ0v) is 25.1. The molecule has 0 atom stereocenters. The maximum atomic E-state index is 13.7. The number of aryl methyl sites for hydroxylation is 1. The van der Waals surface area contributed by atoms with E-state index < -0.39 is 23.2 Å². The number of hydrogen-bond donors (Lipinski definition) is 2. The number of carbonyl (C=O) groups is 1. The molecule has 228 valence electrons. The summed E-state index contributed by atoms with van der Waals surface area (Å²) in [4.78, 5) is 39.7. The van der Waals surface area contributed by atoms with Gasteiger partial charge in [-0.25, -0.2) is 4.98 Å². The molecule has 0 radical (unpaired) electrons. The topological polar surface area (TPSA) is 95.4 Å². The number of fused-ring (bicyclic) bond motifs is 1. The van der Waals surface area contributed by atoms with Crippen LogP contribution in [0.25, 0.3) is 32.6 Å². The molecule has 2 N–H and O–H groups in total. The summed E-state index contributed by atoms with van der Waals surface area (Å²) < 4.78 is 41.9. The zero-order valence-electron chi connectivity index (χ0n) is 24.3. The number of alkyl halides is 3. The Morgan fingerprint density at radius 1 is 1.07 bits per heavy atom. The number of carbonyl (C=O) groups excluding carboxylic acids is 1. The third-order valence-electron chi connectivity index (χ3n) is 7.62. The van der Waals surface area contributed by atoms with E-state index in [1.807, 2.05) is 16.7 Å². The maximum absolute atomic E-state index is 13.7. The Hall–Kier alpha value is -3.65. The van der Waals surface area contributed by atoms with Crippen molar-refractivity contribution in [3.63, 3.8) is 0 Å². The van der Waals surface area contributed by atoms with Crippen LogP contribution in [-0.4, -0.2) is 90.2 Å². The molecule has 1 amide bonds. The van der Waals surface area contributed by atoms with E-state index in [0.717, 1.165) is 49.4 Å². The van der Waals surface area contributed by atoms with Gasteiger partial charge in [0, 0.05) is 92.3 Å². The summed E-state index contributed by atoms with van der Waals surface area (Å²) >= 11 is 0.902. The van der Waals surface area contributed by atoms with Gasteiger partial charge < -0.3 is 20.1 Å². The third-order valence-corrected chi connectivity index (χ3v) is 8.49. The van der Waals surface area contributed by atoms with Crippen LogP contribution in [0, 0.1) is 6.92 Å². The Balaban J connectivity index is 1.58. The van der Waals surface area contributed by atoms with Crippen molar-refractivity contribution >= 4 is 28.1 Å². The lowest BCUT2D eigenvalue weighted by molar-refractivity contribution is -0.140. The summed E-state index contributed by atoms with van der Waals surface area (Å²) in [6.45, 7) is 7.83. The number of pyridine rings is 2. The number of amides is 1. The van der Waals surface area contributed by atoms with Gasteiger partial charge in [0.05, 0.1) is 5.52 Å². The lowest BCUT2D eigenvalue weighted by Gasteiger charge is -2.32. The van der Waals surface area contributed by atoms with Gasteiger partial charge in [-0.15, -0.1) is 11.3 Å². The molecule has 1 aromatic carbocycles. The molecule has 0 spiro atoms. The van der Waals surface area contributed by atoms with Gasteiger partial charge in [0.2, 0.25) is 5.43 Å². The first-order valence-corrected chi connectivity index (χ1v) is 14.9. The van der Waals surface area contributed by atoms with Gasteiger partial charge >= 0.3 is 6.18 Å². The van der Waals surface area contributed by atoms with E-state index in [2.05, 4.69) is 37.4 Å². The third kappa shape index (κ3) is 6.96. The van der Waals surface area contributed by atoms with Crippen LogP contribution >= 0.6 is 11.3 Å². The van der Waals surface area contributed by atoms with Crippen LogP contribution in [0.5, 0.6) is 0 Å². The zero-order chi connectivity index (χ0) is 30.7. The molecular weight excluding hydrogens is 579 g/mol. The fourth-order valence-electron chi connectivity index (χ4n) is 5.12. The van der Waals surface area contributed by atoms with Crippen molar-refractivity contribution in [3.05, 3.63) is 69.2 Å². The fourth-order valence-corrected chi connectivity index (χ4v) is 5.98. The highest BCUT2D eigenvalue weighted by Gasteiger charge is 2.34. The normalized spacial score (nSPS) is 14.8. The summed E-state index contributed by atoms with van der Waals surface area (Å²) in [5.74, 6) is -0.457. The van der Waals surface area contributed by atoms with Crippen molar-refractivity contribution in [3.8, 4) is 21.7 Å². The monoisotopic (exact) mass is 613 g/mol. The molecule has 4 heterocycles. The minimum atomic E-state index is -4.56. The molecule has 1 fully saturated rings. The average Bonchev–Trinajstić information content (AvgIpc) is 3.49. The van der Waals surface area contributed by atoms with Crippen LogP contribution < -0.4 is 16.1 Å². The second kappa shape index (κ2) is 12.9. The lowest BCUT2D eigenvalue weighted by atomic mass is 9.99. The highest BCUT2D eigenvalue weighted by atomic mass is 32.1. The highest BCUT2D eigenvalue weighted by molar-refractivity contribution is 7.13. The number of likely N-dealkylation sites (N-methyl/N-ethyl adjacent to an activating group) is 2. The van der Waals surface area contributed by atoms with Crippen molar-refractivity contribution in [1.82, 2.24) is 35.0 Å². The molecule has 4 aromatic rings. The molecule has 1 saturated heterocycles. The van der Waals surface area contributed by atoms with Crippen LogP contribution in [0.2, 0.25) is 0 Å². The largest absolute Gasteiger partial charge is 0.434 e. The Morgan fingerprint density at radius 3 is 2.53 bits per heavy atom. The van der Waals surface area contributed by atoms with Gasteiger partial charge in [0.1, 0.15) is 10.6 Å². The molecular formula is C30H34F3N7O2S. The number of aromatic nitrogens is 3. The first-order valence-electron chi connectivity index (χ1n) is 14.1. The van der Waals surface area contributed by atoms with E-state index in [9.17, 15) is 22.8 Å². The number of rotatable bonds is 9. The number of nitrogens with one attached hydrogen (secondary N) is 2. The van der Waals surface area contributed by atoms with E-state index in [0.29, 0.717) is 52.9 Å². The Labute approximate surface area is 251 Å². The van der Waals surface area contributed by atoms with E-state index in [1.54, 1.807) is 38.5 Å². The predicted octanol–water partition coefficient (Wildman–Crippen LogP) is 3.71. The van der Waals surface area contributed by atoms with E-state index in [-0.39, 0.29) is 10.6 Å². The molecule has 0 aliphatic carbocycles. The lowest BCUT2D eigenvalue weighted by Crippen LogP contribution is -2.45. The Bertz CT molecular complexity index is 1680. The van der Waals surface area contributed by atoms with Gasteiger partial charge in [0.25, 0.3) is 5.91 Å². The second-order valence-electron chi connectivity index (χ2n) is 10.7. The smallest absolute Gasteiger partial charge is 0.351 e. The number of halogens is 3. The van der Waals surface area contributed by atoms with E-state index in [4.69, 9.17) is 0 Å². The van der Waals surface area contributed by atoms with Crippen molar-refractivity contribution in [1.29, 1.82) is 0 Å². The average molecular weight is 614 g/mol. The fraction of sp³-hybridized carbons (Fsp3) is 0.400. The van der Waals surface area contributed by atoms with Crippen molar-refractivity contribution in [2.75, 3.05) is 59.9 Å².